The van der Waals surface area contributed by atoms with E-state index < -0.39 is 0 Å². The number of benzene rings is 1. The Hall–Kier alpha value is -2.71. The van der Waals surface area contributed by atoms with Crippen molar-refractivity contribution in [2.75, 3.05) is 13.6 Å². The molecule has 0 saturated carbocycles. The summed E-state index contributed by atoms with van der Waals surface area (Å²) >= 11 is 6.40. The summed E-state index contributed by atoms with van der Waals surface area (Å²) in [5, 5.41) is 4.63. The average Bonchev–Trinajstić information content (AvgIpc) is 3.25. The van der Waals surface area contributed by atoms with Crippen molar-refractivity contribution < 1.29 is 9.32 Å². The molecule has 2 aliphatic heterocycles. The van der Waals surface area contributed by atoms with Gasteiger partial charge in [0.2, 0.25) is 11.7 Å². The van der Waals surface area contributed by atoms with Gasteiger partial charge in [-0.25, -0.2) is 4.98 Å². The number of carbonyl (C=O) groups is 1. The normalized spacial score (nSPS) is 18.0. The van der Waals surface area contributed by atoms with Crippen LogP contribution in [0.2, 0.25) is 5.02 Å². The fourth-order valence-corrected chi connectivity index (χ4v) is 4.13. The van der Waals surface area contributed by atoms with Gasteiger partial charge in [-0.15, -0.1) is 0 Å². The molecular formula is C21H23ClN6O2. The van der Waals surface area contributed by atoms with Gasteiger partial charge in [0.25, 0.3) is 5.91 Å². The lowest BCUT2D eigenvalue weighted by molar-refractivity contribution is 0.0461. The minimum atomic E-state index is -0.0855. The van der Waals surface area contributed by atoms with Crippen molar-refractivity contribution in [3.8, 4) is 17.2 Å². The van der Waals surface area contributed by atoms with Gasteiger partial charge in [0.1, 0.15) is 12.0 Å². The van der Waals surface area contributed by atoms with E-state index in [1.54, 1.807) is 12.4 Å². The summed E-state index contributed by atoms with van der Waals surface area (Å²) in [5.74, 6) is 0.913. The standard InChI is InChI=1S/C21H23ClN6O2/c1-21(2,3)26(4)10-15-24-19(25-30-15)17-18-14-8-9-27(14)20(29)16-12(22)6-5-7-13(16)28(18)11-23-17/h5-7,11,14H,8-10H2,1-4H3/t14-/m0/s1. The molecule has 1 amide bonds. The minimum absolute atomic E-state index is 0.0180. The van der Waals surface area contributed by atoms with E-state index in [0.717, 1.165) is 17.8 Å². The smallest absolute Gasteiger partial charge is 0.258 e. The quantitative estimate of drug-likeness (QED) is 0.635. The lowest BCUT2D eigenvalue weighted by Crippen LogP contribution is -2.44. The van der Waals surface area contributed by atoms with Gasteiger partial charge < -0.3 is 9.42 Å². The Morgan fingerprint density at radius 2 is 2.13 bits per heavy atom. The molecule has 0 bridgehead atoms. The molecule has 0 radical (unpaired) electrons. The van der Waals surface area contributed by atoms with Crippen LogP contribution in [-0.4, -0.2) is 54.5 Å². The van der Waals surface area contributed by atoms with Gasteiger partial charge >= 0.3 is 0 Å². The summed E-state index contributed by atoms with van der Waals surface area (Å²) in [4.78, 5) is 26.3. The minimum Gasteiger partial charge on any atom is -0.337 e. The Bertz CT molecular complexity index is 1140. The van der Waals surface area contributed by atoms with Crippen LogP contribution in [0.15, 0.2) is 29.0 Å². The number of halogens is 1. The molecule has 2 aliphatic rings. The fourth-order valence-electron chi connectivity index (χ4n) is 3.88. The summed E-state index contributed by atoms with van der Waals surface area (Å²) in [6.45, 7) is 7.62. The van der Waals surface area contributed by atoms with Crippen molar-refractivity contribution in [2.45, 2.75) is 45.3 Å². The molecule has 5 rings (SSSR count). The molecule has 1 atom stereocenters. The molecule has 30 heavy (non-hydrogen) atoms. The molecule has 1 aromatic carbocycles. The summed E-state index contributed by atoms with van der Waals surface area (Å²) in [6, 6.07) is 5.39. The first-order valence-corrected chi connectivity index (χ1v) is 10.3. The van der Waals surface area contributed by atoms with Crippen LogP contribution in [0.25, 0.3) is 17.2 Å². The summed E-state index contributed by atoms with van der Waals surface area (Å²) < 4.78 is 7.45. The van der Waals surface area contributed by atoms with Crippen LogP contribution < -0.4 is 0 Å². The maximum Gasteiger partial charge on any atom is 0.258 e. The van der Waals surface area contributed by atoms with Gasteiger partial charge in [-0.1, -0.05) is 22.8 Å². The van der Waals surface area contributed by atoms with Crippen LogP contribution in [0.3, 0.4) is 0 Å². The Morgan fingerprint density at radius 1 is 1.33 bits per heavy atom. The van der Waals surface area contributed by atoms with Crippen LogP contribution in [0.1, 0.15) is 55.2 Å². The van der Waals surface area contributed by atoms with Gasteiger partial charge in [0, 0.05) is 12.1 Å². The van der Waals surface area contributed by atoms with Crippen molar-refractivity contribution in [1.82, 2.24) is 29.5 Å². The van der Waals surface area contributed by atoms with Gasteiger partial charge in [0.05, 0.1) is 34.6 Å². The van der Waals surface area contributed by atoms with Crippen LogP contribution in [0, 0.1) is 0 Å². The fraction of sp³-hybridized carbons (Fsp3) is 0.429. The third-order valence-corrected chi connectivity index (χ3v) is 6.38. The molecule has 1 saturated heterocycles. The van der Waals surface area contributed by atoms with E-state index in [0.29, 0.717) is 41.1 Å². The number of fused-ring (bicyclic) bond motifs is 5. The lowest BCUT2D eigenvalue weighted by atomic mass is 9.97. The number of carbonyl (C=O) groups excluding carboxylic acids is 1. The Morgan fingerprint density at radius 3 is 2.83 bits per heavy atom. The topological polar surface area (TPSA) is 80.3 Å². The number of hydrogen-bond donors (Lipinski definition) is 0. The molecule has 156 valence electrons. The largest absolute Gasteiger partial charge is 0.337 e. The van der Waals surface area contributed by atoms with Gasteiger partial charge in [-0.2, -0.15) is 4.98 Å². The molecular weight excluding hydrogens is 404 g/mol. The highest BCUT2D eigenvalue weighted by molar-refractivity contribution is 6.34. The van der Waals surface area contributed by atoms with Crippen molar-refractivity contribution in [3.05, 3.63) is 46.7 Å². The molecule has 0 unspecified atom stereocenters. The first-order chi connectivity index (χ1) is 14.3. The number of amides is 1. The maximum absolute atomic E-state index is 13.1. The monoisotopic (exact) mass is 426 g/mol. The van der Waals surface area contributed by atoms with Crippen LogP contribution in [0.5, 0.6) is 0 Å². The molecule has 0 spiro atoms. The van der Waals surface area contributed by atoms with Crippen LogP contribution in [-0.2, 0) is 6.54 Å². The highest BCUT2D eigenvalue weighted by atomic mass is 35.5. The summed E-state index contributed by atoms with van der Waals surface area (Å²) in [5.41, 5.74) is 2.75. The predicted molar refractivity (Wildman–Crippen MR) is 111 cm³/mol. The SMILES string of the molecule is CN(Cc1nc(-c2ncn3c2[C@@H]2CCN2C(=O)c2c(Cl)cccc2-3)no1)C(C)(C)C. The second kappa shape index (κ2) is 6.65. The van der Waals surface area contributed by atoms with Gasteiger partial charge in [-0.3, -0.25) is 14.3 Å². The Kier molecular flexibility index (Phi) is 4.27. The number of rotatable bonds is 3. The second-order valence-electron chi connectivity index (χ2n) is 8.82. The third-order valence-electron chi connectivity index (χ3n) is 6.06. The van der Waals surface area contributed by atoms with E-state index in [4.69, 9.17) is 16.1 Å². The molecule has 2 aromatic heterocycles. The Labute approximate surface area is 179 Å². The molecule has 8 nitrogen and oxygen atoms in total. The highest BCUT2D eigenvalue weighted by Gasteiger charge is 2.43. The molecule has 9 heteroatoms. The van der Waals surface area contributed by atoms with Crippen LogP contribution >= 0.6 is 11.6 Å². The van der Waals surface area contributed by atoms with E-state index >= 15 is 0 Å². The first kappa shape index (κ1) is 19.3. The third kappa shape index (κ3) is 2.86. The van der Waals surface area contributed by atoms with E-state index in [2.05, 4.69) is 40.8 Å². The van der Waals surface area contributed by atoms with E-state index in [1.807, 2.05) is 28.6 Å². The molecule has 0 aliphatic carbocycles. The average molecular weight is 427 g/mol. The van der Waals surface area contributed by atoms with Crippen molar-refractivity contribution >= 4 is 17.5 Å². The van der Waals surface area contributed by atoms with Crippen molar-refractivity contribution in [1.29, 1.82) is 0 Å². The van der Waals surface area contributed by atoms with E-state index in [9.17, 15) is 4.79 Å². The zero-order chi connectivity index (χ0) is 21.2. The molecule has 4 heterocycles. The summed E-state index contributed by atoms with van der Waals surface area (Å²) in [6.07, 6.45) is 2.57. The number of imidazole rings is 1. The lowest BCUT2D eigenvalue weighted by Gasteiger charge is -2.39. The molecule has 0 N–H and O–H groups in total. The number of hydrogen-bond acceptors (Lipinski definition) is 6. The number of nitrogens with zero attached hydrogens (tertiary/aromatic N) is 6. The Balaban J connectivity index is 1.58. The van der Waals surface area contributed by atoms with Crippen molar-refractivity contribution in [2.24, 2.45) is 0 Å². The zero-order valence-corrected chi connectivity index (χ0v) is 18.1. The maximum atomic E-state index is 13.1. The zero-order valence-electron chi connectivity index (χ0n) is 17.4. The predicted octanol–water partition coefficient (Wildman–Crippen LogP) is 3.71. The second-order valence-corrected chi connectivity index (χ2v) is 9.23. The first-order valence-electron chi connectivity index (χ1n) is 9.97. The van der Waals surface area contributed by atoms with Gasteiger partial charge in [0.15, 0.2) is 0 Å². The molecule has 1 fully saturated rings. The highest BCUT2D eigenvalue weighted by Crippen LogP contribution is 2.44. The van der Waals surface area contributed by atoms with Crippen LogP contribution in [0.4, 0.5) is 0 Å². The van der Waals surface area contributed by atoms with E-state index in [1.165, 1.54) is 0 Å². The number of aromatic nitrogens is 4. The molecule has 3 aromatic rings. The van der Waals surface area contributed by atoms with Crippen molar-refractivity contribution in [3.63, 3.8) is 0 Å². The van der Waals surface area contributed by atoms with Gasteiger partial charge in [-0.05, 0) is 46.4 Å². The van der Waals surface area contributed by atoms with E-state index in [-0.39, 0.29) is 17.5 Å². The summed E-state index contributed by atoms with van der Waals surface area (Å²) in [7, 11) is 2.02.